The van der Waals surface area contributed by atoms with E-state index in [1.165, 1.54) is 4.31 Å². The van der Waals surface area contributed by atoms with Gasteiger partial charge in [-0.15, -0.1) is 0 Å². The first-order valence-corrected chi connectivity index (χ1v) is 9.14. The summed E-state index contributed by atoms with van der Waals surface area (Å²) in [7, 11) is -1.96. The number of sulfonamides is 1. The van der Waals surface area contributed by atoms with Crippen LogP contribution in [0.2, 0.25) is 0 Å². The summed E-state index contributed by atoms with van der Waals surface area (Å²) in [4.78, 5) is 4.41. The fourth-order valence-corrected chi connectivity index (χ4v) is 4.36. The number of hydrogen-bond acceptors (Lipinski definition) is 5. The predicted molar refractivity (Wildman–Crippen MR) is 84.9 cm³/mol. The molecule has 118 valence electrons. The number of pyridine rings is 1. The molecule has 1 aromatic heterocycles. The molecule has 0 aromatic carbocycles. The van der Waals surface area contributed by atoms with E-state index in [-0.39, 0.29) is 11.0 Å². The van der Waals surface area contributed by atoms with Crippen LogP contribution in [-0.4, -0.2) is 50.6 Å². The maximum atomic E-state index is 12.8. The first-order chi connectivity index (χ1) is 9.98. The van der Waals surface area contributed by atoms with E-state index in [0.717, 1.165) is 12.8 Å². The van der Waals surface area contributed by atoms with Gasteiger partial charge in [0, 0.05) is 37.4 Å². The molecular weight excluding hydrogens is 358 g/mol. The van der Waals surface area contributed by atoms with E-state index in [4.69, 9.17) is 4.74 Å². The van der Waals surface area contributed by atoms with Crippen LogP contribution in [0.4, 0.5) is 5.82 Å². The minimum atomic E-state index is -3.57. The average molecular weight is 378 g/mol. The maximum absolute atomic E-state index is 12.8. The second kappa shape index (κ2) is 7.04. The van der Waals surface area contributed by atoms with Crippen molar-refractivity contribution < 1.29 is 13.2 Å². The molecule has 0 aliphatic carbocycles. The largest absolute Gasteiger partial charge is 0.380 e. The van der Waals surface area contributed by atoms with E-state index in [1.54, 1.807) is 19.4 Å². The highest BCUT2D eigenvalue weighted by molar-refractivity contribution is 9.10. The van der Waals surface area contributed by atoms with E-state index >= 15 is 0 Å². The van der Waals surface area contributed by atoms with Crippen molar-refractivity contribution in [2.24, 2.45) is 0 Å². The van der Waals surface area contributed by atoms with Gasteiger partial charge in [-0.1, -0.05) is 6.92 Å². The van der Waals surface area contributed by atoms with E-state index in [9.17, 15) is 8.42 Å². The van der Waals surface area contributed by atoms with Crippen molar-refractivity contribution in [1.82, 2.24) is 9.29 Å². The Morgan fingerprint density at radius 3 is 2.95 bits per heavy atom. The Balaban J connectivity index is 2.32. The van der Waals surface area contributed by atoms with E-state index in [1.807, 2.05) is 6.92 Å². The van der Waals surface area contributed by atoms with Gasteiger partial charge in [0.25, 0.3) is 0 Å². The third kappa shape index (κ3) is 3.74. The molecule has 21 heavy (non-hydrogen) atoms. The van der Waals surface area contributed by atoms with E-state index < -0.39 is 10.0 Å². The van der Waals surface area contributed by atoms with E-state index in [0.29, 0.717) is 29.9 Å². The number of nitrogens with one attached hydrogen (secondary N) is 1. The average Bonchev–Trinajstić information content (AvgIpc) is 2.95. The lowest BCUT2D eigenvalue weighted by atomic mass is 10.3. The number of ether oxygens (including phenoxy) is 1. The van der Waals surface area contributed by atoms with Crippen LogP contribution in [0.25, 0.3) is 0 Å². The molecule has 2 rings (SSSR count). The van der Waals surface area contributed by atoms with Crippen molar-refractivity contribution in [3.8, 4) is 0 Å². The molecular formula is C13H20BrN3O3S. The summed E-state index contributed by atoms with van der Waals surface area (Å²) in [6.07, 6.45) is 3.17. The van der Waals surface area contributed by atoms with Crippen molar-refractivity contribution in [1.29, 1.82) is 0 Å². The summed E-state index contributed by atoms with van der Waals surface area (Å²) >= 11 is 3.29. The minimum Gasteiger partial charge on any atom is -0.380 e. The fourth-order valence-electron chi connectivity index (χ4n) is 2.24. The molecule has 1 aliphatic rings. The van der Waals surface area contributed by atoms with Crippen LogP contribution in [0.15, 0.2) is 21.6 Å². The van der Waals surface area contributed by atoms with Gasteiger partial charge in [0.2, 0.25) is 10.0 Å². The fraction of sp³-hybridized carbons (Fsp3) is 0.615. The minimum absolute atomic E-state index is 0.0352. The molecule has 1 aromatic rings. The molecule has 1 saturated heterocycles. The quantitative estimate of drug-likeness (QED) is 0.821. The number of anilines is 1. The second-order valence-corrected chi connectivity index (χ2v) is 7.76. The number of methoxy groups -OCH3 is 1. The lowest BCUT2D eigenvalue weighted by molar-refractivity contribution is 0.115. The summed E-state index contributed by atoms with van der Waals surface area (Å²) in [6, 6.07) is 1.60. The summed E-state index contributed by atoms with van der Waals surface area (Å²) in [5.74, 6) is 0.404. The highest BCUT2D eigenvalue weighted by Crippen LogP contribution is 2.28. The van der Waals surface area contributed by atoms with Gasteiger partial charge in [-0.2, -0.15) is 4.31 Å². The highest BCUT2D eigenvalue weighted by atomic mass is 79.9. The van der Waals surface area contributed by atoms with Crippen molar-refractivity contribution >= 4 is 31.8 Å². The lowest BCUT2D eigenvalue weighted by Gasteiger charge is -2.18. The van der Waals surface area contributed by atoms with Crippen LogP contribution in [0, 0.1) is 0 Å². The lowest BCUT2D eigenvalue weighted by Crippen LogP contribution is -2.31. The molecule has 2 heterocycles. The standard InChI is InChI=1S/C13H20BrN3O3S/c1-3-5-15-13-12(7-10(14)8-16-13)21(18,19)17-6-4-11(9-17)20-2/h7-8,11H,3-6,9H2,1-2H3,(H,15,16). The first-order valence-electron chi connectivity index (χ1n) is 6.91. The Labute approximate surface area is 134 Å². The normalized spacial score (nSPS) is 19.9. The van der Waals surface area contributed by atoms with Crippen molar-refractivity contribution in [3.63, 3.8) is 0 Å². The van der Waals surface area contributed by atoms with Gasteiger partial charge in [-0.25, -0.2) is 13.4 Å². The molecule has 0 spiro atoms. The second-order valence-electron chi connectivity index (χ2n) is 4.94. The van der Waals surface area contributed by atoms with E-state index in [2.05, 4.69) is 26.2 Å². The number of halogens is 1. The molecule has 1 atom stereocenters. The van der Waals surface area contributed by atoms with Crippen LogP contribution >= 0.6 is 15.9 Å². The van der Waals surface area contributed by atoms with Gasteiger partial charge in [-0.3, -0.25) is 0 Å². The molecule has 1 unspecified atom stereocenters. The maximum Gasteiger partial charge on any atom is 0.246 e. The molecule has 0 bridgehead atoms. The van der Waals surface area contributed by atoms with Gasteiger partial charge in [0.1, 0.15) is 10.7 Å². The zero-order chi connectivity index (χ0) is 15.5. The monoisotopic (exact) mass is 377 g/mol. The van der Waals surface area contributed by atoms with Crippen LogP contribution in [0.5, 0.6) is 0 Å². The summed E-state index contributed by atoms with van der Waals surface area (Å²) in [5, 5.41) is 3.08. The van der Waals surface area contributed by atoms with Crippen LogP contribution in [0.3, 0.4) is 0 Å². The Hall–Kier alpha value is -0.700. The molecule has 0 amide bonds. The van der Waals surface area contributed by atoms with Crippen molar-refractivity contribution in [3.05, 3.63) is 16.7 Å². The summed E-state index contributed by atoms with van der Waals surface area (Å²) in [6.45, 7) is 3.56. The van der Waals surface area contributed by atoms with Gasteiger partial charge in [0.05, 0.1) is 6.10 Å². The third-order valence-electron chi connectivity index (χ3n) is 3.42. The van der Waals surface area contributed by atoms with Crippen LogP contribution in [-0.2, 0) is 14.8 Å². The molecule has 1 fully saturated rings. The smallest absolute Gasteiger partial charge is 0.246 e. The first kappa shape index (κ1) is 16.7. The van der Waals surface area contributed by atoms with Crippen molar-refractivity contribution in [2.45, 2.75) is 30.8 Å². The van der Waals surface area contributed by atoms with Gasteiger partial charge < -0.3 is 10.1 Å². The Morgan fingerprint density at radius 2 is 2.33 bits per heavy atom. The SMILES string of the molecule is CCCNc1ncc(Br)cc1S(=O)(=O)N1CCC(OC)C1. The summed E-state index contributed by atoms with van der Waals surface area (Å²) in [5.41, 5.74) is 0. The number of aromatic nitrogens is 1. The van der Waals surface area contributed by atoms with Crippen LogP contribution in [0.1, 0.15) is 19.8 Å². The zero-order valence-electron chi connectivity index (χ0n) is 12.2. The predicted octanol–water partition coefficient (Wildman–Crippen LogP) is 2.08. The molecule has 1 aliphatic heterocycles. The number of rotatable bonds is 6. The van der Waals surface area contributed by atoms with Crippen molar-refractivity contribution in [2.75, 3.05) is 32.1 Å². The van der Waals surface area contributed by atoms with Crippen LogP contribution < -0.4 is 5.32 Å². The zero-order valence-corrected chi connectivity index (χ0v) is 14.6. The molecule has 0 radical (unpaired) electrons. The molecule has 8 heteroatoms. The van der Waals surface area contributed by atoms with Gasteiger partial charge in [-0.05, 0) is 34.8 Å². The van der Waals surface area contributed by atoms with Gasteiger partial charge in [0.15, 0.2) is 0 Å². The Bertz CT molecular complexity index is 594. The summed E-state index contributed by atoms with van der Waals surface area (Å²) < 4.78 is 33.0. The number of nitrogens with zero attached hydrogens (tertiary/aromatic N) is 2. The highest BCUT2D eigenvalue weighted by Gasteiger charge is 2.34. The Kier molecular flexibility index (Phi) is 5.59. The third-order valence-corrected chi connectivity index (χ3v) is 5.73. The van der Waals surface area contributed by atoms with Gasteiger partial charge >= 0.3 is 0 Å². The Morgan fingerprint density at radius 1 is 1.57 bits per heavy atom. The molecule has 6 nitrogen and oxygen atoms in total. The molecule has 1 N–H and O–H groups in total. The number of hydrogen-bond donors (Lipinski definition) is 1. The molecule has 0 saturated carbocycles. The topological polar surface area (TPSA) is 71.5 Å².